The van der Waals surface area contributed by atoms with Crippen LogP contribution in [0.25, 0.3) is 0 Å². The lowest BCUT2D eigenvalue weighted by Gasteiger charge is -2.32. The molecule has 2 rings (SSSR count). The number of hydrogen-bond donors (Lipinski definition) is 0. The van der Waals surface area contributed by atoms with Crippen molar-refractivity contribution in [1.29, 1.82) is 0 Å². The standard InChI is InChI=1S/C29H56O/c1-3-5-7-9-10-12-14-15-26-17-19-28(20-18-26)25-30-29-23-21-27(22-24-29)16-13-11-8-6-4-2/h26-29H,3-25H2,1-2H3/t26-,27-,28-,29-. The van der Waals surface area contributed by atoms with Crippen LogP contribution in [0.2, 0.25) is 0 Å². The van der Waals surface area contributed by atoms with E-state index in [4.69, 9.17) is 4.74 Å². The van der Waals surface area contributed by atoms with Crippen LogP contribution in [0.1, 0.15) is 155 Å². The van der Waals surface area contributed by atoms with Gasteiger partial charge in [-0.3, -0.25) is 0 Å². The monoisotopic (exact) mass is 420 g/mol. The van der Waals surface area contributed by atoms with Gasteiger partial charge in [-0.05, 0) is 56.3 Å². The Morgan fingerprint density at radius 3 is 1.37 bits per heavy atom. The SMILES string of the molecule is CCCCCCCCC[C@H]1CC[C@H](CO[C@H]2CC[C@H](CCCCCCC)CC2)CC1. The Hall–Kier alpha value is -0.0400. The third-order valence-corrected chi connectivity index (χ3v) is 8.26. The van der Waals surface area contributed by atoms with E-state index in [2.05, 4.69) is 13.8 Å². The molecule has 0 saturated heterocycles. The highest BCUT2D eigenvalue weighted by atomic mass is 16.5. The second-order valence-corrected chi connectivity index (χ2v) is 11.0. The van der Waals surface area contributed by atoms with Crippen molar-refractivity contribution < 1.29 is 4.74 Å². The van der Waals surface area contributed by atoms with Gasteiger partial charge in [0.2, 0.25) is 0 Å². The van der Waals surface area contributed by atoms with Crippen LogP contribution in [0, 0.1) is 17.8 Å². The largest absolute Gasteiger partial charge is 0.378 e. The lowest BCUT2D eigenvalue weighted by Crippen LogP contribution is -2.26. The third-order valence-electron chi connectivity index (χ3n) is 8.26. The molecule has 0 amide bonds. The van der Waals surface area contributed by atoms with E-state index in [1.807, 2.05) is 0 Å². The van der Waals surface area contributed by atoms with E-state index >= 15 is 0 Å². The van der Waals surface area contributed by atoms with Gasteiger partial charge in [0, 0.05) is 6.61 Å². The van der Waals surface area contributed by atoms with Gasteiger partial charge in [-0.15, -0.1) is 0 Å². The molecule has 0 spiro atoms. The first-order chi connectivity index (χ1) is 14.8. The maximum Gasteiger partial charge on any atom is 0.0575 e. The summed E-state index contributed by atoms with van der Waals surface area (Å²) in [6.07, 6.45) is 32.3. The molecule has 0 aromatic carbocycles. The molecule has 0 atom stereocenters. The predicted molar refractivity (Wildman–Crippen MR) is 133 cm³/mol. The quantitative estimate of drug-likeness (QED) is 0.213. The number of unbranched alkanes of at least 4 members (excludes halogenated alkanes) is 10. The molecule has 2 aliphatic carbocycles. The minimum atomic E-state index is 0.590. The first-order valence-electron chi connectivity index (χ1n) is 14.4. The minimum Gasteiger partial charge on any atom is -0.378 e. The van der Waals surface area contributed by atoms with E-state index in [1.54, 1.807) is 0 Å². The molecule has 0 heterocycles. The molecular weight excluding hydrogens is 364 g/mol. The van der Waals surface area contributed by atoms with Crippen molar-refractivity contribution in [2.75, 3.05) is 6.61 Å². The normalized spacial score (nSPS) is 27.4. The van der Waals surface area contributed by atoms with Gasteiger partial charge in [-0.1, -0.05) is 117 Å². The highest BCUT2D eigenvalue weighted by molar-refractivity contribution is 4.76. The van der Waals surface area contributed by atoms with Crippen molar-refractivity contribution in [3.05, 3.63) is 0 Å². The summed E-state index contributed by atoms with van der Waals surface area (Å²) < 4.78 is 6.41. The Bertz CT molecular complexity index is 363. The first kappa shape index (κ1) is 26.2. The Morgan fingerprint density at radius 1 is 0.467 bits per heavy atom. The molecule has 0 aliphatic heterocycles. The summed E-state index contributed by atoms with van der Waals surface area (Å²) in [5.41, 5.74) is 0. The molecule has 30 heavy (non-hydrogen) atoms. The highest BCUT2D eigenvalue weighted by Gasteiger charge is 2.25. The van der Waals surface area contributed by atoms with Crippen LogP contribution in [0.3, 0.4) is 0 Å². The van der Waals surface area contributed by atoms with E-state index in [9.17, 15) is 0 Å². The molecule has 2 saturated carbocycles. The number of hydrogen-bond acceptors (Lipinski definition) is 1. The summed E-state index contributed by atoms with van der Waals surface area (Å²) in [5.74, 6) is 2.91. The maximum atomic E-state index is 6.41. The van der Waals surface area contributed by atoms with E-state index in [-0.39, 0.29) is 0 Å². The Labute approximate surface area is 190 Å². The van der Waals surface area contributed by atoms with Crippen LogP contribution < -0.4 is 0 Å². The lowest BCUT2D eigenvalue weighted by molar-refractivity contribution is -0.0104. The Morgan fingerprint density at radius 2 is 0.867 bits per heavy atom. The summed E-state index contributed by atoms with van der Waals surface area (Å²) >= 11 is 0. The Balaban J connectivity index is 1.41. The molecule has 0 aromatic heterocycles. The van der Waals surface area contributed by atoms with Gasteiger partial charge in [0.1, 0.15) is 0 Å². The summed E-state index contributed by atoms with van der Waals surface area (Å²) in [6.45, 7) is 5.68. The third kappa shape index (κ3) is 12.1. The molecule has 2 aliphatic rings. The molecule has 0 bridgehead atoms. The summed E-state index contributed by atoms with van der Waals surface area (Å²) in [7, 11) is 0. The second-order valence-electron chi connectivity index (χ2n) is 11.0. The van der Waals surface area contributed by atoms with Crippen LogP contribution in [-0.2, 0) is 4.74 Å². The number of ether oxygens (including phenoxy) is 1. The van der Waals surface area contributed by atoms with Crippen LogP contribution in [0.4, 0.5) is 0 Å². The molecule has 0 N–H and O–H groups in total. The van der Waals surface area contributed by atoms with Crippen molar-refractivity contribution in [3.8, 4) is 0 Å². The van der Waals surface area contributed by atoms with E-state index in [0.717, 1.165) is 24.4 Å². The fraction of sp³-hybridized carbons (Fsp3) is 1.00. The van der Waals surface area contributed by atoms with Gasteiger partial charge in [-0.2, -0.15) is 0 Å². The smallest absolute Gasteiger partial charge is 0.0575 e. The second kappa shape index (κ2) is 17.5. The van der Waals surface area contributed by atoms with Crippen molar-refractivity contribution in [1.82, 2.24) is 0 Å². The van der Waals surface area contributed by atoms with Crippen molar-refractivity contribution in [2.24, 2.45) is 17.8 Å². The fourth-order valence-electron chi connectivity index (χ4n) is 5.97. The van der Waals surface area contributed by atoms with Gasteiger partial charge >= 0.3 is 0 Å². The van der Waals surface area contributed by atoms with Crippen molar-refractivity contribution in [3.63, 3.8) is 0 Å². The summed E-state index contributed by atoms with van der Waals surface area (Å²) in [6, 6.07) is 0. The number of rotatable bonds is 17. The summed E-state index contributed by atoms with van der Waals surface area (Å²) in [5, 5.41) is 0. The molecule has 0 unspecified atom stereocenters. The van der Waals surface area contributed by atoms with E-state index < -0.39 is 0 Å². The molecule has 1 heteroatoms. The molecule has 2 fully saturated rings. The van der Waals surface area contributed by atoms with Crippen LogP contribution in [0.15, 0.2) is 0 Å². The average Bonchev–Trinajstić information content (AvgIpc) is 2.78. The van der Waals surface area contributed by atoms with Gasteiger partial charge in [0.25, 0.3) is 0 Å². The van der Waals surface area contributed by atoms with Gasteiger partial charge in [0.15, 0.2) is 0 Å². The topological polar surface area (TPSA) is 9.23 Å². The molecule has 0 aromatic rings. The zero-order chi connectivity index (χ0) is 21.3. The molecular formula is C29H56O. The molecule has 178 valence electrons. The highest BCUT2D eigenvalue weighted by Crippen LogP contribution is 2.34. The van der Waals surface area contributed by atoms with Crippen LogP contribution in [0.5, 0.6) is 0 Å². The molecule has 1 nitrogen and oxygen atoms in total. The van der Waals surface area contributed by atoms with Crippen molar-refractivity contribution >= 4 is 0 Å². The minimum absolute atomic E-state index is 0.590. The van der Waals surface area contributed by atoms with Crippen LogP contribution in [-0.4, -0.2) is 12.7 Å². The predicted octanol–water partition coefficient (Wildman–Crippen LogP) is 9.87. The van der Waals surface area contributed by atoms with Crippen molar-refractivity contribution in [2.45, 2.75) is 161 Å². The van der Waals surface area contributed by atoms with Gasteiger partial charge < -0.3 is 4.74 Å². The maximum absolute atomic E-state index is 6.41. The van der Waals surface area contributed by atoms with Crippen LogP contribution >= 0.6 is 0 Å². The lowest BCUT2D eigenvalue weighted by atomic mass is 9.80. The fourth-order valence-corrected chi connectivity index (χ4v) is 5.97. The summed E-state index contributed by atoms with van der Waals surface area (Å²) in [4.78, 5) is 0. The zero-order valence-corrected chi connectivity index (χ0v) is 21.0. The first-order valence-corrected chi connectivity index (χ1v) is 14.4. The van der Waals surface area contributed by atoms with E-state index in [0.29, 0.717) is 6.10 Å². The molecule has 0 radical (unpaired) electrons. The average molecular weight is 421 g/mol. The van der Waals surface area contributed by atoms with Gasteiger partial charge in [-0.25, -0.2) is 0 Å². The zero-order valence-electron chi connectivity index (χ0n) is 21.0. The van der Waals surface area contributed by atoms with Gasteiger partial charge in [0.05, 0.1) is 6.10 Å². The van der Waals surface area contributed by atoms with E-state index in [1.165, 1.54) is 141 Å². The Kier molecular flexibility index (Phi) is 15.3.